The van der Waals surface area contributed by atoms with Gasteiger partial charge in [0.05, 0.1) is 13.2 Å². The fourth-order valence-corrected chi connectivity index (χ4v) is 1.04. The Morgan fingerprint density at radius 2 is 2.15 bits per heavy atom. The first kappa shape index (κ1) is 10.3. The lowest BCUT2D eigenvalue weighted by Gasteiger charge is -2.14. The third kappa shape index (κ3) is 2.56. The third-order valence-corrected chi connectivity index (χ3v) is 1.95. The van der Waals surface area contributed by atoms with Crippen molar-refractivity contribution in [3.05, 3.63) is 12.2 Å². The van der Waals surface area contributed by atoms with Gasteiger partial charge in [-0.15, -0.1) is 0 Å². The minimum absolute atomic E-state index is 0.226. The van der Waals surface area contributed by atoms with Gasteiger partial charge in [-0.1, -0.05) is 12.2 Å². The van der Waals surface area contributed by atoms with E-state index in [9.17, 15) is 4.79 Å². The van der Waals surface area contributed by atoms with Crippen LogP contribution in [0.4, 0.5) is 0 Å². The van der Waals surface area contributed by atoms with E-state index >= 15 is 0 Å². The van der Waals surface area contributed by atoms with E-state index < -0.39 is 5.60 Å². The number of hydrogen-bond donors (Lipinski definition) is 0. The summed E-state index contributed by atoms with van der Waals surface area (Å²) in [5.74, 6) is -0.226. The maximum absolute atomic E-state index is 11.4. The number of ether oxygens (including phenoxy) is 2. The first-order valence-electron chi connectivity index (χ1n) is 4.56. The molecule has 0 spiro atoms. The van der Waals surface area contributed by atoms with Crippen LogP contribution in [-0.2, 0) is 14.3 Å². The molecule has 0 heterocycles. The van der Waals surface area contributed by atoms with Crippen molar-refractivity contribution < 1.29 is 14.3 Å². The lowest BCUT2D eigenvalue weighted by molar-refractivity contribution is -0.159. The molecule has 1 fully saturated rings. The minimum Gasteiger partial charge on any atom is -0.464 e. The van der Waals surface area contributed by atoms with Crippen molar-refractivity contribution in [1.29, 1.82) is 0 Å². The number of hydrogen-bond acceptors (Lipinski definition) is 3. The van der Waals surface area contributed by atoms with Gasteiger partial charge in [-0.3, -0.25) is 0 Å². The lowest BCUT2D eigenvalue weighted by atomic mass is 10.3. The van der Waals surface area contributed by atoms with Crippen LogP contribution in [0.15, 0.2) is 12.2 Å². The van der Waals surface area contributed by atoms with Crippen molar-refractivity contribution in [1.82, 2.24) is 0 Å². The van der Waals surface area contributed by atoms with Gasteiger partial charge in [-0.05, 0) is 26.7 Å². The average Bonchev–Trinajstić information content (AvgIpc) is 2.82. The summed E-state index contributed by atoms with van der Waals surface area (Å²) in [7, 11) is 0. The Morgan fingerprint density at radius 1 is 1.54 bits per heavy atom. The monoisotopic (exact) mass is 184 g/mol. The van der Waals surface area contributed by atoms with E-state index in [4.69, 9.17) is 9.47 Å². The molecule has 1 rings (SSSR count). The van der Waals surface area contributed by atoms with Crippen LogP contribution in [0.25, 0.3) is 0 Å². The summed E-state index contributed by atoms with van der Waals surface area (Å²) in [6.45, 7) is 8.25. The van der Waals surface area contributed by atoms with Crippen molar-refractivity contribution in [2.24, 2.45) is 0 Å². The Hall–Kier alpha value is -0.830. The van der Waals surface area contributed by atoms with Gasteiger partial charge >= 0.3 is 5.97 Å². The molecule has 0 aromatic rings. The van der Waals surface area contributed by atoms with Crippen LogP contribution in [0.3, 0.4) is 0 Å². The summed E-state index contributed by atoms with van der Waals surface area (Å²) < 4.78 is 10.4. The highest BCUT2D eigenvalue weighted by Gasteiger charge is 2.52. The fraction of sp³-hybridized carbons (Fsp3) is 0.700. The van der Waals surface area contributed by atoms with Gasteiger partial charge < -0.3 is 9.47 Å². The summed E-state index contributed by atoms with van der Waals surface area (Å²) in [4.78, 5) is 11.4. The molecule has 0 aromatic carbocycles. The molecule has 13 heavy (non-hydrogen) atoms. The van der Waals surface area contributed by atoms with E-state index in [-0.39, 0.29) is 5.97 Å². The second-order valence-electron chi connectivity index (χ2n) is 3.46. The number of esters is 1. The number of carbonyl (C=O) groups excluding carboxylic acids is 1. The Bertz CT molecular complexity index is 216. The maximum Gasteiger partial charge on any atom is 0.338 e. The van der Waals surface area contributed by atoms with Crippen LogP contribution in [0, 0.1) is 0 Å². The standard InChI is InChI=1S/C10H16O3/c1-4-12-9(11)10(5-6-10)13-7-8(2)3/h2,4-7H2,1,3H3. The number of carbonyl (C=O) groups is 1. The molecule has 0 aliphatic heterocycles. The van der Waals surface area contributed by atoms with Gasteiger partial charge in [0.15, 0.2) is 5.60 Å². The molecule has 0 radical (unpaired) electrons. The molecule has 1 aliphatic carbocycles. The van der Waals surface area contributed by atoms with Gasteiger partial charge in [0.25, 0.3) is 0 Å². The molecule has 0 bridgehead atoms. The molecule has 0 aromatic heterocycles. The van der Waals surface area contributed by atoms with Crippen LogP contribution < -0.4 is 0 Å². The van der Waals surface area contributed by atoms with Crippen LogP contribution in [-0.4, -0.2) is 24.8 Å². The van der Waals surface area contributed by atoms with E-state index in [1.54, 1.807) is 6.92 Å². The van der Waals surface area contributed by atoms with E-state index in [0.29, 0.717) is 13.2 Å². The fourth-order valence-electron chi connectivity index (χ4n) is 1.04. The molecule has 0 amide bonds. The van der Waals surface area contributed by atoms with Gasteiger partial charge in [0.2, 0.25) is 0 Å². The molecule has 0 saturated heterocycles. The first-order chi connectivity index (χ1) is 6.10. The predicted octanol–water partition coefficient (Wildman–Crippen LogP) is 1.67. The Kier molecular flexibility index (Phi) is 3.09. The minimum atomic E-state index is -0.630. The highest BCUT2D eigenvalue weighted by atomic mass is 16.6. The lowest BCUT2D eigenvalue weighted by Crippen LogP contribution is -2.29. The molecule has 1 saturated carbocycles. The van der Waals surface area contributed by atoms with Crippen molar-refractivity contribution in [2.75, 3.05) is 13.2 Å². The zero-order valence-corrected chi connectivity index (χ0v) is 8.26. The Labute approximate surface area is 78.7 Å². The molecule has 0 N–H and O–H groups in total. The SMILES string of the molecule is C=C(C)COC1(C(=O)OCC)CC1. The van der Waals surface area contributed by atoms with Gasteiger partial charge in [-0.25, -0.2) is 4.79 Å². The van der Waals surface area contributed by atoms with E-state index in [1.807, 2.05) is 6.92 Å². The van der Waals surface area contributed by atoms with E-state index in [0.717, 1.165) is 18.4 Å². The van der Waals surface area contributed by atoms with Crippen molar-refractivity contribution in [2.45, 2.75) is 32.3 Å². The van der Waals surface area contributed by atoms with Crippen molar-refractivity contribution in [3.8, 4) is 0 Å². The topological polar surface area (TPSA) is 35.5 Å². The molecule has 3 nitrogen and oxygen atoms in total. The maximum atomic E-state index is 11.4. The van der Waals surface area contributed by atoms with Crippen molar-refractivity contribution in [3.63, 3.8) is 0 Å². The molecule has 3 heteroatoms. The molecular formula is C10H16O3. The predicted molar refractivity (Wildman–Crippen MR) is 49.4 cm³/mol. The average molecular weight is 184 g/mol. The van der Waals surface area contributed by atoms with Gasteiger partial charge in [0, 0.05) is 0 Å². The van der Waals surface area contributed by atoms with Gasteiger partial charge in [0.1, 0.15) is 0 Å². The molecular weight excluding hydrogens is 168 g/mol. The van der Waals surface area contributed by atoms with E-state index in [1.165, 1.54) is 0 Å². The molecule has 0 atom stereocenters. The summed E-state index contributed by atoms with van der Waals surface area (Å²) in [5, 5.41) is 0. The second-order valence-corrected chi connectivity index (χ2v) is 3.46. The van der Waals surface area contributed by atoms with Crippen LogP contribution >= 0.6 is 0 Å². The molecule has 74 valence electrons. The second kappa shape index (κ2) is 3.92. The zero-order valence-electron chi connectivity index (χ0n) is 8.26. The Balaban J connectivity index is 2.38. The Morgan fingerprint density at radius 3 is 2.54 bits per heavy atom. The molecule has 0 unspecified atom stereocenters. The smallest absolute Gasteiger partial charge is 0.338 e. The molecule has 1 aliphatic rings. The highest BCUT2D eigenvalue weighted by molar-refractivity contribution is 5.82. The van der Waals surface area contributed by atoms with Gasteiger partial charge in [-0.2, -0.15) is 0 Å². The summed E-state index contributed by atoms with van der Waals surface area (Å²) >= 11 is 0. The summed E-state index contributed by atoms with van der Waals surface area (Å²) in [5.41, 5.74) is 0.296. The number of rotatable bonds is 5. The summed E-state index contributed by atoms with van der Waals surface area (Å²) in [6, 6.07) is 0. The van der Waals surface area contributed by atoms with Crippen molar-refractivity contribution >= 4 is 5.97 Å². The van der Waals surface area contributed by atoms with Crippen LogP contribution in [0.2, 0.25) is 0 Å². The quantitative estimate of drug-likeness (QED) is 0.481. The van der Waals surface area contributed by atoms with Crippen LogP contribution in [0.5, 0.6) is 0 Å². The third-order valence-electron chi connectivity index (χ3n) is 1.95. The summed E-state index contributed by atoms with van der Waals surface area (Å²) in [6.07, 6.45) is 1.55. The normalized spacial score (nSPS) is 18.0. The van der Waals surface area contributed by atoms with Crippen LogP contribution in [0.1, 0.15) is 26.7 Å². The zero-order chi connectivity index (χ0) is 9.90. The largest absolute Gasteiger partial charge is 0.464 e. The highest BCUT2D eigenvalue weighted by Crippen LogP contribution is 2.40. The first-order valence-corrected chi connectivity index (χ1v) is 4.56. The van der Waals surface area contributed by atoms with E-state index in [2.05, 4.69) is 6.58 Å².